The zero-order valence-electron chi connectivity index (χ0n) is 11.2. The van der Waals surface area contributed by atoms with Gasteiger partial charge in [-0.15, -0.1) is 0 Å². The number of nitrogens with one attached hydrogen (secondary N) is 1. The van der Waals surface area contributed by atoms with Crippen LogP contribution in [0.4, 0.5) is 5.69 Å². The molecular formula is C16H16BrNO2. The highest BCUT2D eigenvalue weighted by Crippen LogP contribution is 2.22. The number of hydrogen-bond donors (Lipinski definition) is 1. The zero-order valence-corrected chi connectivity index (χ0v) is 12.8. The minimum Gasteiger partial charge on any atom is -0.459 e. The van der Waals surface area contributed by atoms with Crippen LogP contribution >= 0.6 is 15.9 Å². The summed E-state index contributed by atoms with van der Waals surface area (Å²) in [6, 6.07) is 16.9. The van der Waals surface area contributed by atoms with Crippen LogP contribution in [0.3, 0.4) is 0 Å². The Labute approximate surface area is 127 Å². The molecule has 0 radical (unpaired) electrons. The van der Waals surface area contributed by atoms with Crippen molar-refractivity contribution in [2.24, 2.45) is 0 Å². The first-order chi connectivity index (χ1) is 9.66. The number of ether oxygens (including phenoxy) is 1. The number of halogens is 1. The number of rotatable bonds is 5. The Kier molecular flexibility index (Phi) is 5.18. The van der Waals surface area contributed by atoms with Gasteiger partial charge in [-0.1, -0.05) is 42.5 Å². The fraction of sp³-hybridized carbons (Fsp3) is 0.188. The van der Waals surface area contributed by atoms with Gasteiger partial charge in [0, 0.05) is 10.2 Å². The summed E-state index contributed by atoms with van der Waals surface area (Å²) in [5.41, 5.74) is 1.85. The zero-order chi connectivity index (χ0) is 14.4. The van der Waals surface area contributed by atoms with Crippen LogP contribution in [0, 0.1) is 0 Å². The van der Waals surface area contributed by atoms with Gasteiger partial charge in [-0.05, 0) is 40.5 Å². The molecule has 0 heterocycles. The van der Waals surface area contributed by atoms with Gasteiger partial charge < -0.3 is 10.1 Å². The summed E-state index contributed by atoms with van der Waals surface area (Å²) >= 11 is 3.43. The molecule has 20 heavy (non-hydrogen) atoms. The van der Waals surface area contributed by atoms with Crippen molar-refractivity contribution in [2.45, 2.75) is 19.6 Å². The molecule has 104 valence electrons. The van der Waals surface area contributed by atoms with Gasteiger partial charge in [-0.2, -0.15) is 0 Å². The van der Waals surface area contributed by atoms with Crippen molar-refractivity contribution in [3.63, 3.8) is 0 Å². The van der Waals surface area contributed by atoms with E-state index in [0.717, 1.165) is 15.7 Å². The number of benzene rings is 2. The van der Waals surface area contributed by atoms with Crippen LogP contribution < -0.4 is 5.32 Å². The Morgan fingerprint density at radius 2 is 1.80 bits per heavy atom. The average Bonchev–Trinajstić information content (AvgIpc) is 2.48. The smallest absolute Gasteiger partial charge is 0.328 e. The molecule has 4 heteroatoms. The minimum atomic E-state index is -0.405. The Balaban J connectivity index is 1.88. The van der Waals surface area contributed by atoms with Crippen LogP contribution in [0.25, 0.3) is 0 Å². The van der Waals surface area contributed by atoms with Crippen LogP contribution in [-0.4, -0.2) is 12.0 Å². The molecule has 1 atom stereocenters. The highest BCUT2D eigenvalue weighted by Gasteiger charge is 2.15. The summed E-state index contributed by atoms with van der Waals surface area (Å²) in [4.78, 5) is 11.9. The van der Waals surface area contributed by atoms with Crippen LogP contribution in [0.5, 0.6) is 0 Å². The van der Waals surface area contributed by atoms with Gasteiger partial charge in [0.25, 0.3) is 0 Å². The molecule has 0 fully saturated rings. The van der Waals surface area contributed by atoms with Gasteiger partial charge in [0.1, 0.15) is 12.6 Å². The first kappa shape index (κ1) is 14.6. The topological polar surface area (TPSA) is 38.3 Å². The van der Waals surface area contributed by atoms with Crippen molar-refractivity contribution < 1.29 is 9.53 Å². The second-order valence-corrected chi connectivity index (χ2v) is 5.29. The standard InChI is InChI=1S/C16H16BrNO2/c1-12(18-15-10-6-5-9-14(15)17)16(19)20-11-13-7-3-2-4-8-13/h2-10,12,18H,11H2,1H3. The molecule has 0 saturated carbocycles. The molecule has 3 nitrogen and oxygen atoms in total. The molecule has 0 aromatic heterocycles. The number of hydrogen-bond acceptors (Lipinski definition) is 3. The van der Waals surface area contributed by atoms with Crippen molar-refractivity contribution in [1.82, 2.24) is 0 Å². The third-order valence-electron chi connectivity index (χ3n) is 2.82. The predicted molar refractivity (Wildman–Crippen MR) is 83.5 cm³/mol. The van der Waals surface area contributed by atoms with Gasteiger partial charge in [0.15, 0.2) is 0 Å². The lowest BCUT2D eigenvalue weighted by molar-refractivity contribution is -0.145. The van der Waals surface area contributed by atoms with Crippen LogP contribution in [0.15, 0.2) is 59.1 Å². The number of carbonyl (C=O) groups excluding carboxylic acids is 1. The van der Waals surface area contributed by atoms with E-state index in [1.54, 1.807) is 6.92 Å². The average molecular weight is 334 g/mol. The summed E-state index contributed by atoms with van der Waals surface area (Å²) in [7, 11) is 0. The molecular weight excluding hydrogens is 318 g/mol. The lowest BCUT2D eigenvalue weighted by atomic mass is 10.2. The monoisotopic (exact) mass is 333 g/mol. The SMILES string of the molecule is CC(Nc1ccccc1Br)C(=O)OCc1ccccc1. The second kappa shape index (κ2) is 7.10. The largest absolute Gasteiger partial charge is 0.459 e. The van der Waals surface area contributed by atoms with Gasteiger partial charge in [0.2, 0.25) is 0 Å². The molecule has 0 spiro atoms. The third-order valence-corrected chi connectivity index (χ3v) is 3.51. The predicted octanol–water partition coefficient (Wildman–Crippen LogP) is 3.99. The number of carbonyl (C=O) groups is 1. The van der Waals surface area contributed by atoms with Crippen molar-refractivity contribution in [3.05, 3.63) is 64.6 Å². The summed E-state index contributed by atoms with van der Waals surface area (Å²) in [6.07, 6.45) is 0. The van der Waals surface area contributed by atoms with Crippen molar-refractivity contribution >= 4 is 27.6 Å². The van der Waals surface area contributed by atoms with Gasteiger partial charge >= 0.3 is 5.97 Å². The minimum absolute atomic E-state index is 0.274. The maximum atomic E-state index is 11.9. The Morgan fingerprint density at radius 1 is 1.15 bits per heavy atom. The van der Waals surface area contributed by atoms with Gasteiger partial charge in [-0.25, -0.2) is 4.79 Å². The first-order valence-electron chi connectivity index (χ1n) is 6.38. The molecule has 1 unspecified atom stereocenters. The summed E-state index contributed by atoms with van der Waals surface area (Å²) < 4.78 is 6.20. The number of para-hydroxylation sites is 1. The molecule has 0 aliphatic heterocycles. The van der Waals surface area contributed by atoms with E-state index in [4.69, 9.17) is 4.74 Å². The highest BCUT2D eigenvalue weighted by molar-refractivity contribution is 9.10. The first-order valence-corrected chi connectivity index (χ1v) is 7.18. The molecule has 1 N–H and O–H groups in total. The van der Waals surface area contributed by atoms with Crippen molar-refractivity contribution in [3.8, 4) is 0 Å². The van der Waals surface area contributed by atoms with E-state index in [-0.39, 0.29) is 5.97 Å². The summed E-state index contributed by atoms with van der Waals surface area (Å²) in [6.45, 7) is 2.08. The molecule has 2 aromatic rings. The van der Waals surface area contributed by atoms with Gasteiger partial charge in [0.05, 0.1) is 0 Å². The van der Waals surface area contributed by atoms with Crippen molar-refractivity contribution in [2.75, 3.05) is 5.32 Å². The summed E-state index contributed by atoms with van der Waals surface area (Å²) in [5, 5.41) is 3.12. The fourth-order valence-corrected chi connectivity index (χ4v) is 2.12. The van der Waals surface area contributed by atoms with E-state index >= 15 is 0 Å². The molecule has 2 aromatic carbocycles. The van der Waals surface area contributed by atoms with Gasteiger partial charge in [-0.3, -0.25) is 0 Å². The second-order valence-electron chi connectivity index (χ2n) is 4.44. The van der Waals surface area contributed by atoms with E-state index in [0.29, 0.717) is 6.61 Å². The van der Waals surface area contributed by atoms with Crippen LogP contribution in [0.2, 0.25) is 0 Å². The quantitative estimate of drug-likeness (QED) is 0.840. The number of anilines is 1. The highest BCUT2D eigenvalue weighted by atomic mass is 79.9. The van der Waals surface area contributed by atoms with Crippen molar-refractivity contribution in [1.29, 1.82) is 0 Å². The summed E-state index contributed by atoms with van der Waals surface area (Å²) in [5.74, 6) is -0.274. The number of esters is 1. The van der Waals surface area contributed by atoms with E-state index in [2.05, 4.69) is 21.2 Å². The molecule has 0 aliphatic rings. The molecule has 0 amide bonds. The maximum Gasteiger partial charge on any atom is 0.328 e. The van der Waals surface area contributed by atoms with Crippen LogP contribution in [-0.2, 0) is 16.1 Å². The molecule has 0 saturated heterocycles. The van der Waals surface area contributed by atoms with E-state index in [1.807, 2.05) is 54.6 Å². The maximum absolute atomic E-state index is 11.9. The Morgan fingerprint density at radius 3 is 2.50 bits per heavy atom. The van der Waals surface area contributed by atoms with Crippen LogP contribution in [0.1, 0.15) is 12.5 Å². The molecule has 0 aliphatic carbocycles. The Hall–Kier alpha value is -1.81. The van der Waals surface area contributed by atoms with E-state index in [1.165, 1.54) is 0 Å². The fourth-order valence-electron chi connectivity index (χ4n) is 1.72. The third kappa shape index (κ3) is 4.10. The van der Waals surface area contributed by atoms with E-state index < -0.39 is 6.04 Å². The molecule has 0 bridgehead atoms. The lowest BCUT2D eigenvalue weighted by Gasteiger charge is -2.15. The molecule has 2 rings (SSSR count). The van der Waals surface area contributed by atoms with E-state index in [9.17, 15) is 4.79 Å². The normalized spacial score (nSPS) is 11.7. The Bertz CT molecular complexity index is 572. The lowest BCUT2D eigenvalue weighted by Crippen LogP contribution is -2.28.